The van der Waals surface area contributed by atoms with Crippen molar-refractivity contribution in [2.24, 2.45) is 0 Å². The van der Waals surface area contributed by atoms with Gasteiger partial charge < -0.3 is 14.4 Å². The molecular weight excluding hydrogens is 509 g/mol. The Morgan fingerprint density at radius 1 is 1.06 bits per heavy atom. The summed E-state index contributed by atoms with van der Waals surface area (Å²) in [6.45, 7) is 7.55. The van der Waals surface area contributed by atoms with E-state index in [-0.39, 0.29) is 30.0 Å². The van der Waals surface area contributed by atoms with Crippen LogP contribution in [0.1, 0.15) is 55.2 Å². The summed E-state index contributed by atoms with van der Waals surface area (Å²) in [6, 6.07) is 17.6. The second-order valence-electron chi connectivity index (χ2n) is 8.96. The summed E-state index contributed by atoms with van der Waals surface area (Å²) in [5.74, 6) is -0.933. The van der Waals surface area contributed by atoms with Gasteiger partial charge in [-0.15, -0.1) is 0 Å². The van der Waals surface area contributed by atoms with Gasteiger partial charge in [-0.1, -0.05) is 47.5 Å². The number of hydrogen-bond acceptors (Lipinski definition) is 2. The van der Waals surface area contributed by atoms with E-state index in [4.69, 9.17) is 0 Å². The maximum absolute atomic E-state index is 13.7. The molecule has 186 valence electrons. The van der Waals surface area contributed by atoms with Gasteiger partial charge in [-0.3, -0.25) is 9.59 Å². The SMILES string of the molecule is CCCCN(Cc1cccn1Cc1ccc(Br)cc1)C(=O)CN(C(=O)c1cccc(F)c1)C(C)C. The van der Waals surface area contributed by atoms with Crippen molar-refractivity contribution >= 4 is 27.7 Å². The van der Waals surface area contributed by atoms with E-state index < -0.39 is 5.82 Å². The first-order chi connectivity index (χ1) is 16.8. The zero-order valence-electron chi connectivity index (χ0n) is 20.6. The Kier molecular flexibility index (Phi) is 9.66. The molecule has 0 N–H and O–H groups in total. The Hall–Kier alpha value is -2.93. The zero-order chi connectivity index (χ0) is 25.4. The Morgan fingerprint density at radius 3 is 2.46 bits per heavy atom. The van der Waals surface area contributed by atoms with E-state index in [0.29, 0.717) is 19.6 Å². The van der Waals surface area contributed by atoms with Crippen LogP contribution in [0.2, 0.25) is 0 Å². The van der Waals surface area contributed by atoms with Gasteiger partial charge >= 0.3 is 0 Å². The van der Waals surface area contributed by atoms with Crippen molar-refractivity contribution in [1.29, 1.82) is 0 Å². The molecule has 0 radical (unpaired) electrons. The molecule has 0 saturated carbocycles. The highest BCUT2D eigenvalue weighted by Crippen LogP contribution is 2.16. The molecule has 1 heterocycles. The molecule has 0 aliphatic rings. The Balaban J connectivity index is 1.76. The number of rotatable bonds is 11. The lowest BCUT2D eigenvalue weighted by Gasteiger charge is -2.30. The van der Waals surface area contributed by atoms with Gasteiger partial charge in [0.05, 0.1) is 6.54 Å². The largest absolute Gasteiger partial charge is 0.345 e. The van der Waals surface area contributed by atoms with Crippen LogP contribution in [0.15, 0.2) is 71.3 Å². The van der Waals surface area contributed by atoms with Crippen LogP contribution in [0.5, 0.6) is 0 Å². The first-order valence-electron chi connectivity index (χ1n) is 12.0. The lowest BCUT2D eigenvalue weighted by Crippen LogP contribution is -2.46. The molecule has 3 aromatic rings. The minimum absolute atomic E-state index is 0.0514. The molecule has 2 amide bonds. The Morgan fingerprint density at radius 2 is 1.80 bits per heavy atom. The lowest BCUT2D eigenvalue weighted by molar-refractivity contribution is -0.133. The molecule has 0 unspecified atom stereocenters. The van der Waals surface area contributed by atoms with Gasteiger partial charge in [0, 0.05) is 41.1 Å². The van der Waals surface area contributed by atoms with Crippen LogP contribution in [-0.2, 0) is 17.9 Å². The van der Waals surface area contributed by atoms with Gasteiger partial charge in [-0.2, -0.15) is 0 Å². The fourth-order valence-electron chi connectivity index (χ4n) is 3.89. The van der Waals surface area contributed by atoms with Gasteiger partial charge in [0.15, 0.2) is 0 Å². The van der Waals surface area contributed by atoms with Crippen LogP contribution in [0.4, 0.5) is 4.39 Å². The molecule has 0 aliphatic heterocycles. The highest BCUT2D eigenvalue weighted by atomic mass is 79.9. The summed E-state index contributed by atoms with van der Waals surface area (Å²) < 4.78 is 16.9. The highest BCUT2D eigenvalue weighted by molar-refractivity contribution is 9.10. The molecule has 2 aromatic carbocycles. The van der Waals surface area contributed by atoms with E-state index in [1.54, 1.807) is 6.07 Å². The molecule has 0 bridgehead atoms. The normalized spacial score (nSPS) is 11.0. The topological polar surface area (TPSA) is 45.6 Å². The molecule has 3 rings (SSSR count). The second-order valence-corrected chi connectivity index (χ2v) is 9.88. The zero-order valence-corrected chi connectivity index (χ0v) is 22.2. The van der Waals surface area contributed by atoms with Crippen molar-refractivity contribution in [2.75, 3.05) is 13.1 Å². The van der Waals surface area contributed by atoms with Crippen LogP contribution in [0.3, 0.4) is 0 Å². The van der Waals surface area contributed by atoms with Gasteiger partial charge in [-0.05, 0) is 68.3 Å². The summed E-state index contributed by atoms with van der Waals surface area (Å²) >= 11 is 3.47. The Bertz CT molecular complexity index is 1130. The number of amides is 2. The molecule has 7 heteroatoms. The summed E-state index contributed by atoms with van der Waals surface area (Å²) in [5, 5.41) is 0. The van der Waals surface area contributed by atoms with E-state index in [9.17, 15) is 14.0 Å². The third kappa shape index (κ3) is 7.52. The van der Waals surface area contributed by atoms with Crippen molar-refractivity contribution in [3.05, 3.63) is 94.0 Å². The van der Waals surface area contributed by atoms with Crippen LogP contribution in [-0.4, -0.2) is 45.3 Å². The third-order valence-electron chi connectivity index (χ3n) is 5.94. The van der Waals surface area contributed by atoms with Crippen molar-refractivity contribution in [1.82, 2.24) is 14.4 Å². The van der Waals surface area contributed by atoms with Crippen molar-refractivity contribution in [2.45, 2.75) is 52.7 Å². The lowest BCUT2D eigenvalue weighted by atomic mass is 10.1. The first-order valence-corrected chi connectivity index (χ1v) is 12.8. The average Bonchev–Trinajstić information content (AvgIpc) is 3.27. The van der Waals surface area contributed by atoms with Gasteiger partial charge in [-0.25, -0.2) is 4.39 Å². The number of halogens is 2. The molecule has 5 nitrogen and oxygen atoms in total. The number of carbonyl (C=O) groups is 2. The smallest absolute Gasteiger partial charge is 0.254 e. The predicted molar refractivity (Wildman–Crippen MR) is 141 cm³/mol. The Labute approximate surface area is 215 Å². The van der Waals surface area contributed by atoms with Crippen LogP contribution >= 0.6 is 15.9 Å². The van der Waals surface area contributed by atoms with Crippen molar-refractivity contribution in [3.63, 3.8) is 0 Å². The number of carbonyl (C=O) groups excluding carboxylic acids is 2. The molecule has 0 aliphatic carbocycles. The summed E-state index contributed by atoms with van der Waals surface area (Å²) in [7, 11) is 0. The van der Waals surface area contributed by atoms with E-state index in [1.165, 1.54) is 28.7 Å². The summed E-state index contributed by atoms with van der Waals surface area (Å²) in [5.41, 5.74) is 2.45. The molecule has 0 atom stereocenters. The van der Waals surface area contributed by atoms with Gasteiger partial charge in [0.1, 0.15) is 12.4 Å². The van der Waals surface area contributed by atoms with Crippen molar-refractivity contribution in [3.8, 4) is 0 Å². The van der Waals surface area contributed by atoms with Crippen LogP contribution in [0.25, 0.3) is 0 Å². The quantitative estimate of drug-likeness (QED) is 0.293. The molecule has 1 aromatic heterocycles. The molecule has 0 fully saturated rings. The monoisotopic (exact) mass is 541 g/mol. The number of benzene rings is 2. The predicted octanol–water partition coefficient (Wildman–Crippen LogP) is 6.12. The number of hydrogen-bond donors (Lipinski definition) is 0. The number of aromatic nitrogens is 1. The minimum Gasteiger partial charge on any atom is -0.345 e. The summed E-state index contributed by atoms with van der Waals surface area (Å²) in [6.07, 6.45) is 3.85. The standard InChI is InChI=1S/C28H33BrFN3O2/c1-4-5-15-32(19-26-10-7-16-31(26)18-22-11-13-24(29)14-12-22)27(34)20-33(21(2)3)28(35)23-8-6-9-25(30)17-23/h6-14,16-17,21H,4-5,15,18-20H2,1-3H3. The van der Waals surface area contributed by atoms with Crippen LogP contribution < -0.4 is 0 Å². The first kappa shape index (κ1) is 26.7. The average molecular weight is 542 g/mol. The second kappa shape index (κ2) is 12.7. The highest BCUT2D eigenvalue weighted by Gasteiger charge is 2.25. The van der Waals surface area contributed by atoms with Gasteiger partial charge in [0.25, 0.3) is 5.91 Å². The molecule has 0 saturated heterocycles. The molecule has 0 spiro atoms. The third-order valence-corrected chi connectivity index (χ3v) is 6.47. The molecular formula is C28H33BrFN3O2. The van der Waals surface area contributed by atoms with E-state index in [0.717, 1.165) is 23.0 Å². The fraction of sp³-hybridized carbons (Fsp3) is 0.357. The van der Waals surface area contributed by atoms with Crippen molar-refractivity contribution < 1.29 is 14.0 Å². The van der Waals surface area contributed by atoms with E-state index in [1.807, 2.05) is 49.2 Å². The minimum atomic E-state index is -0.470. The van der Waals surface area contributed by atoms with Crippen LogP contribution in [0, 0.1) is 5.82 Å². The maximum atomic E-state index is 13.7. The maximum Gasteiger partial charge on any atom is 0.254 e. The number of unbranched alkanes of at least 4 members (excludes halogenated alkanes) is 1. The van der Waals surface area contributed by atoms with E-state index >= 15 is 0 Å². The van der Waals surface area contributed by atoms with E-state index in [2.05, 4.69) is 39.6 Å². The number of nitrogens with zero attached hydrogens (tertiary/aromatic N) is 3. The summed E-state index contributed by atoms with van der Waals surface area (Å²) in [4.78, 5) is 29.9. The molecule has 35 heavy (non-hydrogen) atoms. The fourth-order valence-corrected chi connectivity index (χ4v) is 4.16. The van der Waals surface area contributed by atoms with Gasteiger partial charge in [0.2, 0.25) is 5.91 Å².